The van der Waals surface area contributed by atoms with Crippen LogP contribution < -0.4 is 9.62 Å². The number of carbonyl (C=O) groups excluding carboxylic acids is 1. The van der Waals surface area contributed by atoms with Crippen molar-refractivity contribution in [1.29, 1.82) is 0 Å². The summed E-state index contributed by atoms with van der Waals surface area (Å²) in [5, 5.41) is 6.81. The molecule has 0 bridgehead atoms. The smallest absolute Gasteiger partial charge is 0.264 e. The fraction of sp³-hybridized carbons (Fsp3) is 0.0455. The molecule has 0 radical (unpaired) electrons. The quantitative estimate of drug-likeness (QED) is 0.503. The molecule has 0 fully saturated rings. The largest absolute Gasteiger partial charge is 0.322 e. The van der Waals surface area contributed by atoms with Crippen LogP contribution in [0.2, 0.25) is 0 Å². The fourth-order valence-corrected chi connectivity index (χ4v) is 4.17. The Kier molecular flexibility index (Phi) is 5.50. The zero-order valence-electron chi connectivity index (χ0n) is 16.6. The van der Waals surface area contributed by atoms with Crippen molar-refractivity contribution in [2.75, 3.05) is 16.7 Å². The molecular formula is C22H19N5O3S. The molecule has 8 nitrogen and oxygen atoms in total. The van der Waals surface area contributed by atoms with E-state index in [-0.39, 0.29) is 4.90 Å². The lowest BCUT2D eigenvalue weighted by Crippen LogP contribution is -2.26. The first-order valence-corrected chi connectivity index (χ1v) is 10.8. The number of hydrogen-bond donors (Lipinski definition) is 1. The van der Waals surface area contributed by atoms with E-state index in [1.807, 2.05) is 6.07 Å². The van der Waals surface area contributed by atoms with Gasteiger partial charge in [-0.15, -0.1) is 0 Å². The van der Waals surface area contributed by atoms with Gasteiger partial charge in [0.1, 0.15) is 0 Å². The number of aromatic nitrogens is 3. The molecule has 1 N–H and O–H groups in total. The van der Waals surface area contributed by atoms with Crippen LogP contribution in [-0.4, -0.2) is 36.1 Å². The summed E-state index contributed by atoms with van der Waals surface area (Å²) in [5.74, 6) is 0.184. The predicted octanol–water partition coefficient (Wildman–Crippen LogP) is 3.34. The lowest BCUT2D eigenvalue weighted by molar-refractivity contribution is 0.102. The summed E-state index contributed by atoms with van der Waals surface area (Å²) in [4.78, 5) is 16.9. The number of para-hydroxylation sites is 1. The van der Waals surface area contributed by atoms with Gasteiger partial charge in [-0.3, -0.25) is 9.10 Å². The van der Waals surface area contributed by atoms with E-state index < -0.39 is 15.9 Å². The van der Waals surface area contributed by atoms with Crippen molar-refractivity contribution >= 4 is 27.3 Å². The number of sulfonamides is 1. The van der Waals surface area contributed by atoms with Crippen LogP contribution >= 0.6 is 0 Å². The van der Waals surface area contributed by atoms with Gasteiger partial charge in [0.2, 0.25) is 0 Å². The molecule has 0 unspecified atom stereocenters. The summed E-state index contributed by atoms with van der Waals surface area (Å²) < 4.78 is 28.8. The SMILES string of the molecule is CN(c1ccccc1)S(=O)(=O)c1cccc(NC(=O)c2ccc(-n3cccn3)nc2)c1. The van der Waals surface area contributed by atoms with Crippen LogP contribution in [0.1, 0.15) is 10.4 Å². The van der Waals surface area contributed by atoms with Crippen molar-refractivity contribution in [2.45, 2.75) is 4.90 Å². The number of amides is 1. The number of nitrogens with one attached hydrogen (secondary N) is 1. The standard InChI is InChI=1S/C22H19N5O3S/c1-26(19-8-3-2-4-9-19)31(29,30)20-10-5-7-18(15-20)25-22(28)17-11-12-21(23-16-17)27-14-6-13-24-27/h2-16H,1H3,(H,25,28). The van der Waals surface area contributed by atoms with Gasteiger partial charge in [-0.25, -0.2) is 18.1 Å². The van der Waals surface area contributed by atoms with Crippen molar-refractivity contribution < 1.29 is 13.2 Å². The number of anilines is 2. The summed E-state index contributed by atoms with van der Waals surface area (Å²) in [7, 11) is -2.30. The molecule has 4 rings (SSSR count). The second kappa shape index (κ2) is 8.41. The molecular weight excluding hydrogens is 414 g/mol. The van der Waals surface area contributed by atoms with Gasteiger partial charge >= 0.3 is 0 Å². The van der Waals surface area contributed by atoms with Crippen molar-refractivity contribution in [3.63, 3.8) is 0 Å². The first-order chi connectivity index (χ1) is 14.9. The maximum Gasteiger partial charge on any atom is 0.264 e. The van der Waals surface area contributed by atoms with E-state index in [1.54, 1.807) is 71.7 Å². The average molecular weight is 433 g/mol. The zero-order valence-corrected chi connectivity index (χ0v) is 17.4. The van der Waals surface area contributed by atoms with E-state index in [4.69, 9.17) is 0 Å². The summed E-state index contributed by atoms with van der Waals surface area (Å²) in [6.45, 7) is 0. The van der Waals surface area contributed by atoms with Crippen molar-refractivity contribution in [1.82, 2.24) is 14.8 Å². The van der Waals surface area contributed by atoms with Gasteiger partial charge in [0, 0.05) is 31.3 Å². The lowest BCUT2D eigenvalue weighted by atomic mass is 10.2. The highest BCUT2D eigenvalue weighted by atomic mass is 32.2. The molecule has 9 heteroatoms. The van der Waals surface area contributed by atoms with Crippen LogP contribution in [0.5, 0.6) is 0 Å². The Morgan fingerprint density at radius 3 is 2.48 bits per heavy atom. The third kappa shape index (κ3) is 4.31. The molecule has 0 aliphatic heterocycles. The normalized spacial score (nSPS) is 11.1. The first-order valence-electron chi connectivity index (χ1n) is 9.36. The molecule has 0 saturated heterocycles. The number of pyridine rings is 1. The highest BCUT2D eigenvalue weighted by molar-refractivity contribution is 7.92. The molecule has 2 heterocycles. The van der Waals surface area contributed by atoms with Gasteiger partial charge < -0.3 is 5.32 Å². The second-order valence-corrected chi connectivity index (χ2v) is 8.62. The second-order valence-electron chi connectivity index (χ2n) is 6.65. The molecule has 0 spiro atoms. The van der Waals surface area contributed by atoms with Crippen molar-refractivity contribution in [3.8, 4) is 5.82 Å². The molecule has 0 aliphatic carbocycles. The first kappa shape index (κ1) is 20.3. The number of benzene rings is 2. The molecule has 0 atom stereocenters. The van der Waals surface area contributed by atoms with Gasteiger partial charge in [0.15, 0.2) is 5.82 Å². The van der Waals surface area contributed by atoms with Crippen LogP contribution in [0.3, 0.4) is 0 Å². The highest BCUT2D eigenvalue weighted by Gasteiger charge is 2.21. The Morgan fingerprint density at radius 2 is 1.81 bits per heavy atom. The maximum absolute atomic E-state index is 13.0. The van der Waals surface area contributed by atoms with Crippen LogP contribution in [0, 0.1) is 0 Å². The molecule has 0 saturated carbocycles. The maximum atomic E-state index is 13.0. The van der Waals surface area contributed by atoms with Gasteiger partial charge in [-0.2, -0.15) is 5.10 Å². The summed E-state index contributed by atoms with van der Waals surface area (Å²) >= 11 is 0. The van der Waals surface area contributed by atoms with Crippen molar-refractivity contribution in [3.05, 3.63) is 97.0 Å². The van der Waals surface area contributed by atoms with Gasteiger partial charge in [0.25, 0.3) is 15.9 Å². The van der Waals surface area contributed by atoms with Crippen molar-refractivity contribution in [2.24, 2.45) is 0 Å². The number of carbonyl (C=O) groups is 1. The molecule has 1 amide bonds. The van der Waals surface area contributed by atoms with E-state index in [1.165, 1.54) is 29.7 Å². The molecule has 2 aromatic heterocycles. The van der Waals surface area contributed by atoms with Crippen LogP contribution in [0.15, 0.2) is 96.3 Å². The number of rotatable bonds is 6. The summed E-state index contributed by atoms with van der Waals surface area (Å²) in [5.41, 5.74) is 1.24. The Labute approximate surface area is 179 Å². The molecule has 156 valence electrons. The van der Waals surface area contributed by atoms with Gasteiger partial charge in [0.05, 0.1) is 16.1 Å². The molecule has 4 aromatic rings. The third-order valence-corrected chi connectivity index (χ3v) is 6.40. The molecule has 0 aliphatic rings. The monoisotopic (exact) mass is 433 g/mol. The molecule has 2 aromatic carbocycles. The van der Waals surface area contributed by atoms with Crippen LogP contribution in [0.25, 0.3) is 5.82 Å². The zero-order chi connectivity index (χ0) is 21.8. The van der Waals surface area contributed by atoms with E-state index >= 15 is 0 Å². The van der Waals surface area contributed by atoms with Gasteiger partial charge in [-0.1, -0.05) is 24.3 Å². The minimum Gasteiger partial charge on any atom is -0.322 e. The number of nitrogens with zero attached hydrogens (tertiary/aromatic N) is 4. The van der Waals surface area contributed by atoms with Gasteiger partial charge in [-0.05, 0) is 48.5 Å². The Bertz CT molecular complexity index is 1290. The van der Waals surface area contributed by atoms with E-state index in [2.05, 4.69) is 15.4 Å². The van der Waals surface area contributed by atoms with E-state index in [0.29, 0.717) is 22.8 Å². The van der Waals surface area contributed by atoms with Crippen LogP contribution in [0.4, 0.5) is 11.4 Å². The average Bonchev–Trinajstić information content (AvgIpc) is 3.34. The highest BCUT2D eigenvalue weighted by Crippen LogP contribution is 2.24. The Morgan fingerprint density at radius 1 is 1.00 bits per heavy atom. The van der Waals surface area contributed by atoms with Crippen LogP contribution in [-0.2, 0) is 10.0 Å². The molecule has 31 heavy (non-hydrogen) atoms. The Balaban J connectivity index is 1.52. The lowest BCUT2D eigenvalue weighted by Gasteiger charge is -2.19. The summed E-state index contributed by atoms with van der Waals surface area (Å²) in [6.07, 6.45) is 4.83. The third-order valence-electron chi connectivity index (χ3n) is 4.62. The Hall–Kier alpha value is -3.98. The number of hydrogen-bond acceptors (Lipinski definition) is 5. The fourth-order valence-electron chi connectivity index (χ4n) is 2.93. The summed E-state index contributed by atoms with van der Waals surface area (Å²) in [6, 6.07) is 20.0. The van der Waals surface area contributed by atoms with E-state index in [0.717, 1.165) is 0 Å². The minimum atomic E-state index is -3.79. The minimum absolute atomic E-state index is 0.0730. The topological polar surface area (TPSA) is 97.2 Å². The predicted molar refractivity (Wildman–Crippen MR) is 118 cm³/mol. The van der Waals surface area contributed by atoms with E-state index in [9.17, 15) is 13.2 Å².